The number of amides is 3. The summed E-state index contributed by atoms with van der Waals surface area (Å²) in [5.74, 6) is 0.325. The van der Waals surface area contributed by atoms with Gasteiger partial charge in [0.25, 0.3) is 0 Å². The first kappa shape index (κ1) is 16.3. The zero-order valence-electron chi connectivity index (χ0n) is 12.9. The summed E-state index contributed by atoms with van der Waals surface area (Å²) < 4.78 is 5.03. The Labute approximate surface area is 134 Å². The molecule has 1 aromatic carbocycles. The van der Waals surface area contributed by atoms with Crippen molar-refractivity contribution >= 4 is 23.3 Å². The van der Waals surface area contributed by atoms with E-state index in [0.29, 0.717) is 23.8 Å². The van der Waals surface area contributed by atoms with Crippen molar-refractivity contribution in [2.24, 2.45) is 0 Å². The Bertz CT molecular complexity index is 703. The van der Waals surface area contributed by atoms with Crippen molar-refractivity contribution in [3.8, 4) is 5.88 Å². The lowest BCUT2D eigenvalue weighted by Crippen LogP contribution is -2.28. The van der Waals surface area contributed by atoms with Crippen LogP contribution in [-0.2, 0) is 11.3 Å². The maximum atomic E-state index is 11.9. The molecular weight excluding hydrogens is 296 g/mol. The van der Waals surface area contributed by atoms with Gasteiger partial charge >= 0.3 is 6.03 Å². The number of rotatable bonds is 5. The molecule has 0 spiro atoms. The second-order valence-corrected chi connectivity index (χ2v) is 4.78. The molecule has 7 nitrogen and oxygen atoms in total. The molecule has 0 radical (unpaired) electrons. The van der Waals surface area contributed by atoms with Crippen molar-refractivity contribution in [3.05, 3.63) is 48.2 Å². The van der Waals surface area contributed by atoms with Crippen LogP contribution < -0.4 is 20.7 Å². The molecule has 2 rings (SSSR count). The van der Waals surface area contributed by atoms with E-state index in [-0.39, 0.29) is 11.9 Å². The first-order chi connectivity index (χ1) is 11.1. The summed E-state index contributed by atoms with van der Waals surface area (Å²) in [7, 11) is 1.54. The normalized spacial score (nSPS) is 9.83. The third-order valence-corrected chi connectivity index (χ3v) is 2.90. The number of carbonyl (C=O) groups is 2. The fraction of sp³-hybridized carbons (Fsp3) is 0.188. The summed E-state index contributed by atoms with van der Waals surface area (Å²) in [5.41, 5.74) is 2.08. The highest BCUT2D eigenvalue weighted by atomic mass is 16.5. The average Bonchev–Trinajstić information content (AvgIpc) is 2.53. The SMILES string of the molecule is COc1cc(CNC(=O)Nc2cccc(NC(C)=O)c2)ccn1. The Morgan fingerprint density at radius 1 is 1.13 bits per heavy atom. The van der Waals surface area contributed by atoms with Crippen molar-refractivity contribution < 1.29 is 14.3 Å². The number of ether oxygens (including phenoxy) is 1. The third kappa shape index (κ3) is 5.31. The van der Waals surface area contributed by atoms with E-state index >= 15 is 0 Å². The molecule has 0 unspecified atom stereocenters. The lowest BCUT2D eigenvalue weighted by molar-refractivity contribution is -0.114. The predicted molar refractivity (Wildman–Crippen MR) is 87.4 cm³/mol. The topological polar surface area (TPSA) is 92.4 Å². The van der Waals surface area contributed by atoms with Gasteiger partial charge in [0.2, 0.25) is 11.8 Å². The van der Waals surface area contributed by atoms with Gasteiger partial charge in [0.15, 0.2) is 0 Å². The molecule has 3 amide bonds. The van der Waals surface area contributed by atoms with E-state index in [2.05, 4.69) is 20.9 Å². The Balaban J connectivity index is 1.90. The Kier molecular flexibility index (Phi) is 5.51. The Morgan fingerprint density at radius 3 is 2.57 bits per heavy atom. The van der Waals surface area contributed by atoms with Crippen LogP contribution in [0.25, 0.3) is 0 Å². The smallest absolute Gasteiger partial charge is 0.319 e. The lowest BCUT2D eigenvalue weighted by Gasteiger charge is -2.09. The van der Waals surface area contributed by atoms with Gasteiger partial charge in [-0.2, -0.15) is 0 Å². The Hall–Kier alpha value is -3.09. The van der Waals surface area contributed by atoms with Crippen LogP contribution in [-0.4, -0.2) is 24.0 Å². The molecule has 0 fully saturated rings. The van der Waals surface area contributed by atoms with E-state index in [9.17, 15) is 9.59 Å². The summed E-state index contributed by atoms with van der Waals surface area (Å²) in [4.78, 5) is 27.0. The van der Waals surface area contributed by atoms with Crippen molar-refractivity contribution in [1.82, 2.24) is 10.3 Å². The third-order valence-electron chi connectivity index (χ3n) is 2.90. The summed E-state index contributed by atoms with van der Waals surface area (Å²) in [6, 6.07) is 10.1. The maximum absolute atomic E-state index is 11.9. The fourth-order valence-corrected chi connectivity index (χ4v) is 1.91. The number of urea groups is 1. The molecule has 0 aliphatic heterocycles. The molecular formula is C16H18N4O3. The fourth-order valence-electron chi connectivity index (χ4n) is 1.91. The molecule has 7 heteroatoms. The van der Waals surface area contributed by atoms with E-state index in [0.717, 1.165) is 5.56 Å². The van der Waals surface area contributed by atoms with Gasteiger partial charge in [-0.15, -0.1) is 0 Å². The van der Waals surface area contributed by atoms with Gasteiger partial charge in [-0.1, -0.05) is 6.07 Å². The summed E-state index contributed by atoms with van der Waals surface area (Å²) in [6.45, 7) is 1.77. The van der Waals surface area contributed by atoms with Crippen LogP contribution in [0.1, 0.15) is 12.5 Å². The van der Waals surface area contributed by atoms with Gasteiger partial charge in [-0.05, 0) is 29.8 Å². The minimum absolute atomic E-state index is 0.168. The summed E-state index contributed by atoms with van der Waals surface area (Å²) in [5, 5.41) is 8.10. The van der Waals surface area contributed by atoms with Crippen LogP contribution in [0.15, 0.2) is 42.6 Å². The second-order valence-electron chi connectivity index (χ2n) is 4.78. The summed E-state index contributed by atoms with van der Waals surface area (Å²) in [6.07, 6.45) is 1.62. The van der Waals surface area contributed by atoms with E-state index in [1.165, 1.54) is 14.0 Å². The number of hydrogen-bond donors (Lipinski definition) is 3. The number of pyridine rings is 1. The van der Waals surface area contributed by atoms with Crippen LogP contribution in [0.5, 0.6) is 5.88 Å². The van der Waals surface area contributed by atoms with Crippen molar-refractivity contribution in [2.75, 3.05) is 17.7 Å². The van der Waals surface area contributed by atoms with Crippen LogP contribution in [0.2, 0.25) is 0 Å². The number of aromatic nitrogens is 1. The highest BCUT2D eigenvalue weighted by molar-refractivity contribution is 5.92. The maximum Gasteiger partial charge on any atom is 0.319 e. The molecule has 3 N–H and O–H groups in total. The van der Waals surface area contributed by atoms with Crippen molar-refractivity contribution in [1.29, 1.82) is 0 Å². The highest BCUT2D eigenvalue weighted by Gasteiger charge is 2.04. The second kappa shape index (κ2) is 7.79. The number of hydrogen-bond acceptors (Lipinski definition) is 4. The van der Waals surface area contributed by atoms with E-state index in [1.807, 2.05) is 0 Å². The quantitative estimate of drug-likeness (QED) is 0.790. The minimum atomic E-state index is -0.347. The zero-order valence-corrected chi connectivity index (χ0v) is 12.9. The number of benzene rings is 1. The van der Waals surface area contributed by atoms with Crippen molar-refractivity contribution in [2.45, 2.75) is 13.5 Å². The van der Waals surface area contributed by atoms with E-state index in [4.69, 9.17) is 4.74 Å². The molecule has 2 aromatic rings. The molecule has 0 saturated heterocycles. The lowest BCUT2D eigenvalue weighted by atomic mass is 10.2. The van der Waals surface area contributed by atoms with Crippen molar-refractivity contribution in [3.63, 3.8) is 0 Å². The zero-order chi connectivity index (χ0) is 16.7. The van der Waals surface area contributed by atoms with Crippen LogP contribution >= 0.6 is 0 Å². The molecule has 1 heterocycles. The molecule has 0 saturated carbocycles. The van der Waals surface area contributed by atoms with Gasteiger partial charge in [0, 0.05) is 37.1 Å². The van der Waals surface area contributed by atoms with E-state index in [1.54, 1.807) is 42.6 Å². The Morgan fingerprint density at radius 2 is 1.87 bits per heavy atom. The molecule has 1 aromatic heterocycles. The number of methoxy groups -OCH3 is 1. The predicted octanol–water partition coefficient (Wildman–Crippen LogP) is 2.37. The highest BCUT2D eigenvalue weighted by Crippen LogP contribution is 2.15. The largest absolute Gasteiger partial charge is 0.481 e. The minimum Gasteiger partial charge on any atom is -0.481 e. The van der Waals surface area contributed by atoms with Gasteiger partial charge in [0.05, 0.1) is 7.11 Å². The van der Waals surface area contributed by atoms with Gasteiger partial charge < -0.3 is 20.7 Å². The van der Waals surface area contributed by atoms with Crippen LogP contribution in [0, 0.1) is 0 Å². The summed E-state index contributed by atoms with van der Waals surface area (Å²) >= 11 is 0. The number of anilines is 2. The average molecular weight is 314 g/mol. The molecule has 0 bridgehead atoms. The molecule has 23 heavy (non-hydrogen) atoms. The molecule has 0 aliphatic rings. The molecule has 0 aliphatic carbocycles. The number of carbonyl (C=O) groups excluding carboxylic acids is 2. The number of nitrogens with zero attached hydrogens (tertiary/aromatic N) is 1. The monoisotopic (exact) mass is 314 g/mol. The first-order valence-electron chi connectivity index (χ1n) is 6.98. The van der Waals surface area contributed by atoms with E-state index < -0.39 is 0 Å². The molecule has 0 atom stereocenters. The first-order valence-corrected chi connectivity index (χ1v) is 6.98. The van der Waals surface area contributed by atoms with Gasteiger partial charge in [-0.25, -0.2) is 9.78 Å². The molecule has 120 valence electrons. The van der Waals surface area contributed by atoms with Crippen LogP contribution in [0.3, 0.4) is 0 Å². The van der Waals surface area contributed by atoms with Gasteiger partial charge in [-0.3, -0.25) is 4.79 Å². The standard InChI is InChI=1S/C16H18N4O3/c1-11(21)19-13-4-3-5-14(9-13)20-16(22)18-10-12-6-7-17-15(8-12)23-2/h3-9H,10H2,1-2H3,(H,19,21)(H2,18,20,22). The van der Waals surface area contributed by atoms with Crippen LogP contribution in [0.4, 0.5) is 16.2 Å². The number of nitrogens with one attached hydrogen (secondary N) is 3. The van der Waals surface area contributed by atoms with Gasteiger partial charge in [0.1, 0.15) is 0 Å².